The Bertz CT molecular complexity index is 538. The van der Waals surface area contributed by atoms with E-state index in [0.717, 1.165) is 17.7 Å². The second kappa shape index (κ2) is 5.35. The quantitative estimate of drug-likeness (QED) is 0.884. The normalized spacial score (nSPS) is 10.1. The Balaban J connectivity index is 2.09. The number of aromatic amines is 1. The summed E-state index contributed by atoms with van der Waals surface area (Å²) in [5, 5.41) is 2.46. The van der Waals surface area contributed by atoms with Crippen LogP contribution < -0.4 is 10.3 Å². The lowest BCUT2D eigenvalue weighted by Gasteiger charge is -2.05. The summed E-state index contributed by atoms with van der Waals surface area (Å²) in [5.41, 5.74) is 0.250. The number of H-pyrrole nitrogens is 1. The molecule has 0 atom stereocenters. The van der Waals surface area contributed by atoms with Gasteiger partial charge in [0.2, 0.25) is 0 Å². The van der Waals surface area contributed by atoms with Crippen molar-refractivity contribution in [2.75, 3.05) is 0 Å². The van der Waals surface area contributed by atoms with Crippen LogP contribution in [0, 0.1) is 11.6 Å². The van der Waals surface area contributed by atoms with E-state index in [4.69, 9.17) is 0 Å². The minimum Gasteiger partial charge on any atom is -0.348 e. The predicted octanol–water partition coefficient (Wildman–Crippen LogP) is 1.71. The van der Waals surface area contributed by atoms with Crippen molar-refractivity contribution < 1.29 is 18.6 Å². The number of carbonyl (C=O) groups excluding carboxylic acids is 1. The molecule has 1 aromatic heterocycles. The third-order valence-corrected chi connectivity index (χ3v) is 2.41. The first-order chi connectivity index (χ1) is 8.68. The van der Waals surface area contributed by atoms with Crippen molar-refractivity contribution in [2.45, 2.75) is 6.54 Å². The van der Waals surface area contributed by atoms with Gasteiger partial charge in [-0.3, -0.25) is 4.79 Å². The van der Waals surface area contributed by atoms with Crippen LogP contribution in [0.1, 0.15) is 15.9 Å². The summed E-state index contributed by atoms with van der Waals surface area (Å²) in [6.07, 6.45) is 3.42. The van der Waals surface area contributed by atoms with Gasteiger partial charge >= 0.3 is 0 Å². The molecule has 0 saturated carbocycles. The van der Waals surface area contributed by atoms with Gasteiger partial charge in [-0.2, -0.15) is 0 Å². The van der Waals surface area contributed by atoms with Crippen molar-refractivity contribution in [1.82, 2.24) is 5.32 Å². The van der Waals surface area contributed by atoms with Crippen molar-refractivity contribution in [3.05, 3.63) is 65.5 Å². The van der Waals surface area contributed by atoms with Crippen LogP contribution in [0.4, 0.5) is 8.78 Å². The summed E-state index contributed by atoms with van der Waals surface area (Å²) in [4.78, 5) is 14.5. The molecule has 0 aliphatic carbocycles. The van der Waals surface area contributed by atoms with E-state index in [-0.39, 0.29) is 6.54 Å². The van der Waals surface area contributed by atoms with Gasteiger partial charge in [0.25, 0.3) is 5.91 Å². The molecule has 5 heteroatoms. The van der Waals surface area contributed by atoms with Crippen molar-refractivity contribution in [3.63, 3.8) is 0 Å². The van der Waals surface area contributed by atoms with Crippen LogP contribution in [0.3, 0.4) is 0 Å². The molecule has 18 heavy (non-hydrogen) atoms. The second-order valence-electron chi connectivity index (χ2n) is 3.69. The van der Waals surface area contributed by atoms with Gasteiger partial charge in [-0.1, -0.05) is 6.07 Å². The molecule has 1 aromatic carbocycles. The highest BCUT2D eigenvalue weighted by atomic mass is 19.1. The Morgan fingerprint density at radius 2 is 1.89 bits per heavy atom. The molecule has 0 fully saturated rings. The summed E-state index contributed by atoms with van der Waals surface area (Å²) in [6.45, 7) is 0.198. The maximum Gasteiger partial charge on any atom is 0.257 e. The lowest BCUT2D eigenvalue weighted by atomic mass is 10.2. The first kappa shape index (κ1) is 12.2. The van der Waals surface area contributed by atoms with Crippen molar-refractivity contribution in [2.24, 2.45) is 0 Å². The van der Waals surface area contributed by atoms with Gasteiger partial charge in [0, 0.05) is 18.2 Å². The van der Waals surface area contributed by atoms with Crippen LogP contribution >= 0.6 is 0 Å². The highest BCUT2D eigenvalue weighted by molar-refractivity contribution is 5.94. The van der Waals surface area contributed by atoms with Gasteiger partial charge < -0.3 is 5.32 Å². The standard InChI is InChI=1S/C13H10F2N2O/c14-10-4-1-5-11(15)12(10)13(18)17-8-9-3-2-6-16-7-9/h1-7H,8H2,(H,17,18)/p+1. The molecular weight excluding hydrogens is 238 g/mol. The average Bonchev–Trinajstić information content (AvgIpc) is 2.37. The number of hydrogen-bond donors (Lipinski definition) is 1. The summed E-state index contributed by atoms with van der Waals surface area (Å²) >= 11 is 0. The average molecular weight is 249 g/mol. The van der Waals surface area contributed by atoms with E-state index in [1.54, 1.807) is 24.5 Å². The Kier molecular flexibility index (Phi) is 3.62. The summed E-state index contributed by atoms with van der Waals surface area (Å²) in [5.74, 6) is -2.51. The molecule has 92 valence electrons. The van der Waals surface area contributed by atoms with Crippen molar-refractivity contribution in [1.29, 1.82) is 0 Å². The van der Waals surface area contributed by atoms with Gasteiger partial charge in [-0.15, -0.1) is 0 Å². The molecule has 2 aromatic rings. The molecule has 0 radical (unpaired) electrons. The number of benzene rings is 1. The zero-order valence-corrected chi connectivity index (χ0v) is 9.41. The fourth-order valence-electron chi connectivity index (χ4n) is 1.53. The molecule has 0 unspecified atom stereocenters. The first-order valence-electron chi connectivity index (χ1n) is 5.35. The topological polar surface area (TPSA) is 43.2 Å². The van der Waals surface area contributed by atoms with Crippen molar-refractivity contribution >= 4 is 5.91 Å². The fraction of sp³-hybridized carbons (Fsp3) is 0.0769. The van der Waals surface area contributed by atoms with E-state index in [1.165, 1.54) is 6.07 Å². The molecule has 2 rings (SSSR count). The monoisotopic (exact) mass is 249 g/mol. The predicted molar refractivity (Wildman–Crippen MR) is 60.5 cm³/mol. The Hall–Kier alpha value is -2.30. The maximum atomic E-state index is 13.3. The van der Waals surface area contributed by atoms with Gasteiger partial charge in [0.1, 0.15) is 17.2 Å². The number of halogens is 2. The third kappa shape index (κ3) is 2.68. The van der Waals surface area contributed by atoms with Crippen LogP contribution in [0.15, 0.2) is 42.7 Å². The third-order valence-electron chi connectivity index (χ3n) is 2.41. The van der Waals surface area contributed by atoms with Gasteiger partial charge in [-0.05, 0) is 18.2 Å². The smallest absolute Gasteiger partial charge is 0.257 e. The number of nitrogens with one attached hydrogen (secondary N) is 2. The zero-order chi connectivity index (χ0) is 13.0. The van der Waals surface area contributed by atoms with E-state index < -0.39 is 23.1 Å². The number of pyridine rings is 1. The largest absolute Gasteiger partial charge is 0.348 e. The molecule has 0 aliphatic rings. The van der Waals surface area contributed by atoms with Crippen LogP contribution in [0.2, 0.25) is 0 Å². The van der Waals surface area contributed by atoms with Gasteiger partial charge in [-0.25, -0.2) is 13.8 Å². The molecule has 0 saturated heterocycles. The summed E-state index contributed by atoms with van der Waals surface area (Å²) in [6, 6.07) is 6.87. The van der Waals surface area contributed by atoms with Crippen LogP contribution in [0.5, 0.6) is 0 Å². The minimum absolute atomic E-state index is 0.198. The Labute approximate surface area is 102 Å². The molecule has 0 aliphatic heterocycles. The van der Waals surface area contributed by atoms with E-state index in [0.29, 0.717) is 0 Å². The Morgan fingerprint density at radius 3 is 2.50 bits per heavy atom. The molecule has 0 bridgehead atoms. The molecule has 0 spiro atoms. The lowest BCUT2D eigenvalue weighted by molar-refractivity contribution is -0.378. The first-order valence-corrected chi connectivity index (χ1v) is 5.35. The van der Waals surface area contributed by atoms with Crippen molar-refractivity contribution in [3.8, 4) is 0 Å². The highest BCUT2D eigenvalue weighted by Crippen LogP contribution is 2.11. The van der Waals surface area contributed by atoms with Crippen LogP contribution in [-0.4, -0.2) is 5.91 Å². The fourth-order valence-corrected chi connectivity index (χ4v) is 1.53. The minimum atomic E-state index is -0.868. The lowest BCUT2D eigenvalue weighted by Crippen LogP contribution is -2.25. The van der Waals surface area contributed by atoms with Gasteiger partial charge in [0.05, 0.1) is 0 Å². The number of amides is 1. The summed E-state index contributed by atoms with van der Waals surface area (Å²) in [7, 11) is 0. The SMILES string of the molecule is O=C(NCc1ccc[nH+]c1)c1c(F)cccc1F. The van der Waals surface area contributed by atoms with E-state index in [1.807, 2.05) is 0 Å². The van der Waals surface area contributed by atoms with E-state index in [2.05, 4.69) is 10.3 Å². The second-order valence-corrected chi connectivity index (χ2v) is 3.69. The van der Waals surface area contributed by atoms with Crippen LogP contribution in [0.25, 0.3) is 0 Å². The van der Waals surface area contributed by atoms with E-state index in [9.17, 15) is 13.6 Å². The Morgan fingerprint density at radius 1 is 1.17 bits per heavy atom. The number of rotatable bonds is 3. The highest BCUT2D eigenvalue weighted by Gasteiger charge is 2.16. The summed E-state index contributed by atoms with van der Waals surface area (Å²) < 4.78 is 26.6. The van der Waals surface area contributed by atoms with Gasteiger partial charge in [0.15, 0.2) is 12.4 Å². The number of aromatic nitrogens is 1. The molecule has 1 heterocycles. The zero-order valence-electron chi connectivity index (χ0n) is 9.41. The number of carbonyl (C=O) groups is 1. The number of hydrogen-bond acceptors (Lipinski definition) is 1. The van der Waals surface area contributed by atoms with Crippen LogP contribution in [-0.2, 0) is 6.54 Å². The molecule has 2 N–H and O–H groups in total. The molecule has 1 amide bonds. The molecular formula is C13H11F2N2O+. The maximum absolute atomic E-state index is 13.3. The van der Waals surface area contributed by atoms with E-state index >= 15 is 0 Å². The molecule has 3 nitrogen and oxygen atoms in total.